The Bertz CT molecular complexity index is 359. The summed E-state index contributed by atoms with van der Waals surface area (Å²) in [5.41, 5.74) is 1.19. The Labute approximate surface area is 104 Å². The zero-order chi connectivity index (χ0) is 12.3. The van der Waals surface area contributed by atoms with Crippen LogP contribution in [0.2, 0.25) is 0 Å². The molecule has 17 heavy (non-hydrogen) atoms. The molecule has 1 aromatic carbocycles. The van der Waals surface area contributed by atoms with Crippen LogP contribution in [-0.2, 0) is 0 Å². The summed E-state index contributed by atoms with van der Waals surface area (Å²) < 4.78 is 5.86. The molecule has 0 aromatic heterocycles. The van der Waals surface area contributed by atoms with Crippen LogP contribution in [0.3, 0.4) is 0 Å². The van der Waals surface area contributed by atoms with Crippen LogP contribution in [0.4, 0.5) is 5.69 Å². The summed E-state index contributed by atoms with van der Waals surface area (Å²) in [5.74, 6) is 0.983. The minimum atomic E-state index is 0.214. The normalized spacial score (nSPS) is 19.6. The molecule has 94 valence electrons. The lowest BCUT2D eigenvalue weighted by Crippen LogP contribution is -2.33. The molecule has 3 nitrogen and oxygen atoms in total. The van der Waals surface area contributed by atoms with Crippen molar-refractivity contribution in [2.45, 2.75) is 32.4 Å². The van der Waals surface area contributed by atoms with Crippen molar-refractivity contribution in [1.29, 1.82) is 0 Å². The van der Waals surface area contributed by atoms with Crippen LogP contribution < -0.4 is 15.0 Å². The number of nitrogens with zero attached hydrogens (tertiary/aromatic N) is 1. The highest BCUT2D eigenvalue weighted by atomic mass is 16.5. The van der Waals surface area contributed by atoms with Gasteiger partial charge in [0.2, 0.25) is 0 Å². The Morgan fingerprint density at radius 3 is 2.76 bits per heavy atom. The summed E-state index contributed by atoms with van der Waals surface area (Å²) in [4.78, 5) is 2.33. The predicted molar refractivity (Wildman–Crippen MR) is 71.9 cm³/mol. The molecule has 1 aliphatic rings. The van der Waals surface area contributed by atoms with E-state index in [4.69, 9.17) is 4.74 Å². The molecule has 0 saturated carbocycles. The second-order valence-electron chi connectivity index (χ2n) is 4.89. The van der Waals surface area contributed by atoms with Crippen LogP contribution in [0.25, 0.3) is 0 Å². The van der Waals surface area contributed by atoms with E-state index >= 15 is 0 Å². The van der Waals surface area contributed by atoms with Gasteiger partial charge in [0.15, 0.2) is 0 Å². The standard InChI is InChI=1S/C14H22N2O/c1-11(2)17-14-7-5-4-6-13(14)16(3)12-8-9-15-10-12/h4-7,11-12,15H,8-10H2,1-3H3. The Balaban J connectivity index is 2.18. The van der Waals surface area contributed by atoms with E-state index in [0.29, 0.717) is 6.04 Å². The van der Waals surface area contributed by atoms with Crippen molar-refractivity contribution >= 4 is 5.69 Å². The fourth-order valence-corrected chi connectivity index (χ4v) is 2.27. The molecule has 1 fully saturated rings. The minimum absolute atomic E-state index is 0.214. The quantitative estimate of drug-likeness (QED) is 0.865. The van der Waals surface area contributed by atoms with E-state index in [0.717, 1.165) is 18.8 Å². The van der Waals surface area contributed by atoms with Crippen molar-refractivity contribution in [3.63, 3.8) is 0 Å². The van der Waals surface area contributed by atoms with E-state index < -0.39 is 0 Å². The molecular formula is C14H22N2O. The summed E-state index contributed by atoms with van der Waals surface area (Å²) in [6.07, 6.45) is 1.42. The smallest absolute Gasteiger partial charge is 0.142 e. The molecule has 0 spiro atoms. The lowest BCUT2D eigenvalue weighted by molar-refractivity contribution is 0.242. The van der Waals surface area contributed by atoms with Gasteiger partial charge in [-0.25, -0.2) is 0 Å². The van der Waals surface area contributed by atoms with Gasteiger partial charge >= 0.3 is 0 Å². The van der Waals surface area contributed by atoms with Crippen LogP contribution in [0.5, 0.6) is 5.75 Å². The molecule has 3 heteroatoms. The first-order valence-electron chi connectivity index (χ1n) is 6.37. The number of hydrogen-bond donors (Lipinski definition) is 1. The maximum absolute atomic E-state index is 5.86. The Morgan fingerprint density at radius 2 is 2.12 bits per heavy atom. The third kappa shape index (κ3) is 2.91. The maximum atomic E-state index is 5.86. The van der Waals surface area contributed by atoms with Crippen molar-refractivity contribution in [3.05, 3.63) is 24.3 Å². The number of hydrogen-bond acceptors (Lipinski definition) is 3. The van der Waals surface area contributed by atoms with E-state index in [1.807, 2.05) is 12.1 Å². The predicted octanol–water partition coefficient (Wildman–Crippen LogP) is 2.27. The monoisotopic (exact) mass is 234 g/mol. The SMILES string of the molecule is CC(C)Oc1ccccc1N(C)C1CCNC1. The molecular weight excluding hydrogens is 212 g/mol. The number of ether oxygens (including phenoxy) is 1. The lowest BCUT2D eigenvalue weighted by atomic mass is 10.2. The van der Waals surface area contributed by atoms with Gasteiger partial charge in [-0.2, -0.15) is 0 Å². The lowest BCUT2D eigenvalue weighted by Gasteiger charge is -2.28. The first-order valence-corrected chi connectivity index (χ1v) is 6.37. The maximum Gasteiger partial charge on any atom is 0.142 e. The molecule has 1 heterocycles. The summed E-state index contributed by atoms with van der Waals surface area (Å²) >= 11 is 0. The van der Waals surface area contributed by atoms with Gasteiger partial charge in [-0.1, -0.05) is 12.1 Å². The highest BCUT2D eigenvalue weighted by Crippen LogP contribution is 2.30. The van der Waals surface area contributed by atoms with Crippen LogP contribution in [-0.4, -0.2) is 32.3 Å². The van der Waals surface area contributed by atoms with Crippen molar-refractivity contribution in [3.8, 4) is 5.75 Å². The van der Waals surface area contributed by atoms with E-state index in [-0.39, 0.29) is 6.10 Å². The Hall–Kier alpha value is -1.22. The molecule has 0 radical (unpaired) electrons. The molecule has 2 rings (SSSR count). The van der Waals surface area contributed by atoms with Crippen molar-refractivity contribution in [1.82, 2.24) is 5.32 Å². The Morgan fingerprint density at radius 1 is 1.35 bits per heavy atom. The molecule has 1 N–H and O–H groups in total. The fraction of sp³-hybridized carbons (Fsp3) is 0.571. The number of anilines is 1. The third-order valence-electron chi connectivity index (χ3n) is 3.19. The van der Waals surface area contributed by atoms with Gasteiger partial charge < -0.3 is 15.0 Å². The number of likely N-dealkylation sites (N-methyl/N-ethyl adjacent to an activating group) is 1. The molecule has 0 amide bonds. The van der Waals surface area contributed by atoms with Crippen LogP contribution in [0.15, 0.2) is 24.3 Å². The molecule has 0 bridgehead atoms. The Kier molecular flexibility index (Phi) is 3.89. The first-order chi connectivity index (χ1) is 8.18. The molecule has 1 aromatic rings. The van der Waals surface area contributed by atoms with E-state index in [2.05, 4.69) is 43.2 Å². The van der Waals surface area contributed by atoms with Crippen LogP contribution >= 0.6 is 0 Å². The zero-order valence-electron chi connectivity index (χ0n) is 10.9. The number of rotatable bonds is 4. The first kappa shape index (κ1) is 12.2. The average Bonchev–Trinajstić information content (AvgIpc) is 2.81. The summed E-state index contributed by atoms with van der Waals surface area (Å²) in [5, 5.41) is 3.40. The van der Waals surface area contributed by atoms with Crippen molar-refractivity contribution < 1.29 is 4.74 Å². The average molecular weight is 234 g/mol. The van der Waals surface area contributed by atoms with Crippen molar-refractivity contribution in [2.75, 3.05) is 25.0 Å². The highest BCUT2D eigenvalue weighted by Gasteiger charge is 2.21. The molecule has 1 unspecified atom stereocenters. The fourth-order valence-electron chi connectivity index (χ4n) is 2.27. The largest absolute Gasteiger partial charge is 0.489 e. The van der Waals surface area contributed by atoms with Crippen LogP contribution in [0, 0.1) is 0 Å². The third-order valence-corrected chi connectivity index (χ3v) is 3.19. The van der Waals surface area contributed by atoms with E-state index in [1.54, 1.807) is 0 Å². The van der Waals surface area contributed by atoms with Gasteiger partial charge in [0.25, 0.3) is 0 Å². The van der Waals surface area contributed by atoms with Gasteiger partial charge in [0, 0.05) is 19.6 Å². The highest BCUT2D eigenvalue weighted by molar-refractivity contribution is 5.58. The van der Waals surface area contributed by atoms with Gasteiger partial charge in [-0.3, -0.25) is 0 Å². The minimum Gasteiger partial charge on any atom is -0.489 e. The molecule has 1 atom stereocenters. The number of para-hydroxylation sites is 2. The van der Waals surface area contributed by atoms with Crippen LogP contribution in [0.1, 0.15) is 20.3 Å². The topological polar surface area (TPSA) is 24.5 Å². The van der Waals surface area contributed by atoms with Gasteiger partial charge in [-0.15, -0.1) is 0 Å². The molecule has 0 aliphatic carbocycles. The second kappa shape index (κ2) is 5.41. The van der Waals surface area contributed by atoms with Gasteiger partial charge in [0.1, 0.15) is 5.75 Å². The number of benzene rings is 1. The summed E-state index contributed by atoms with van der Waals surface area (Å²) in [7, 11) is 2.15. The number of nitrogens with one attached hydrogen (secondary N) is 1. The molecule has 1 aliphatic heterocycles. The summed E-state index contributed by atoms with van der Waals surface area (Å²) in [6, 6.07) is 8.86. The van der Waals surface area contributed by atoms with E-state index in [9.17, 15) is 0 Å². The van der Waals surface area contributed by atoms with Crippen molar-refractivity contribution in [2.24, 2.45) is 0 Å². The zero-order valence-corrected chi connectivity index (χ0v) is 10.9. The second-order valence-corrected chi connectivity index (χ2v) is 4.89. The van der Waals surface area contributed by atoms with Gasteiger partial charge in [0.05, 0.1) is 11.8 Å². The van der Waals surface area contributed by atoms with Gasteiger partial charge in [-0.05, 0) is 38.9 Å². The van der Waals surface area contributed by atoms with E-state index in [1.165, 1.54) is 12.1 Å². The summed E-state index contributed by atoms with van der Waals surface area (Å²) in [6.45, 7) is 6.30. The molecule has 1 saturated heterocycles.